The van der Waals surface area contributed by atoms with Crippen LogP contribution in [-0.2, 0) is 14.3 Å². The van der Waals surface area contributed by atoms with Crippen molar-refractivity contribution in [3.63, 3.8) is 0 Å². The first kappa shape index (κ1) is 74.3. The summed E-state index contributed by atoms with van der Waals surface area (Å²) in [5.41, 5.74) is 0. The molecule has 0 aromatic heterocycles. The Bertz CT molecular complexity index is 1190. The third-order valence-corrected chi connectivity index (χ3v) is 16.3. The first-order valence-electron chi connectivity index (χ1n) is 34.6. The minimum Gasteiger partial charge on any atom is -0.466 e. The fourth-order valence-electron chi connectivity index (χ4n) is 11.0. The molecule has 6 heteroatoms. The Morgan fingerprint density at radius 1 is 0.368 bits per heavy atom. The maximum atomic E-state index is 12.5. The molecule has 1 amide bonds. The number of nitrogens with one attached hydrogen (secondary N) is 1. The number of ether oxygens (including phenoxy) is 1. The third-order valence-electron chi connectivity index (χ3n) is 16.3. The maximum absolute atomic E-state index is 12.5. The molecule has 6 nitrogen and oxygen atoms in total. The van der Waals surface area contributed by atoms with E-state index in [1.807, 2.05) is 0 Å². The maximum Gasteiger partial charge on any atom is 0.305 e. The minimum absolute atomic E-state index is 0.0166. The second-order valence-electron chi connectivity index (χ2n) is 23.9. The molecule has 0 aromatic rings. The highest BCUT2D eigenvalue weighted by Gasteiger charge is 2.20. The van der Waals surface area contributed by atoms with Crippen molar-refractivity contribution in [1.82, 2.24) is 5.32 Å². The molecule has 0 aliphatic rings. The third kappa shape index (κ3) is 61.6. The van der Waals surface area contributed by atoms with Gasteiger partial charge in [-0.05, 0) is 57.8 Å². The van der Waals surface area contributed by atoms with Crippen LogP contribution in [0.5, 0.6) is 0 Å². The predicted molar refractivity (Wildman–Crippen MR) is 333 cm³/mol. The van der Waals surface area contributed by atoms with Crippen molar-refractivity contribution >= 4 is 11.9 Å². The number of carbonyl (C=O) groups is 2. The summed E-state index contributed by atoms with van der Waals surface area (Å²) in [7, 11) is 0. The zero-order valence-corrected chi connectivity index (χ0v) is 51.5. The molecule has 0 bridgehead atoms. The molecule has 450 valence electrons. The molecule has 0 radical (unpaired) electrons. The molecule has 76 heavy (non-hydrogen) atoms. The van der Waals surface area contributed by atoms with Gasteiger partial charge in [-0.15, -0.1) is 0 Å². The van der Waals surface area contributed by atoms with Gasteiger partial charge in [0, 0.05) is 12.8 Å². The Balaban J connectivity index is 3.37. The van der Waals surface area contributed by atoms with Crippen molar-refractivity contribution in [1.29, 1.82) is 0 Å². The molecule has 0 aliphatic heterocycles. The monoisotopic (exact) mass is 1070 g/mol. The van der Waals surface area contributed by atoms with E-state index in [1.54, 1.807) is 0 Å². The van der Waals surface area contributed by atoms with Crippen molar-refractivity contribution in [3.8, 4) is 0 Å². The number of allylic oxidation sites excluding steroid dienone is 4. The lowest BCUT2D eigenvalue weighted by molar-refractivity contribution is -0.143. The van der Waals surface area contributed by atoms with E-state index < -0.39 is 12.1 Å². The van der Waals surface area contributed by atoms with Crippen LogP contribution in [0.25, 0.3) is 0 Å². The normalized spacial score (nSPS) is 12.6. The van der Waals surface area contributed by atoms with E-state index in [0.717, 1.165) is 44.9 Å². The predicted octanol–water partition coefficient (Wildman–Crippen LogP) is 22.1. The Hall–Kier alpha value is -1.66. The number of hydrogen-bond donors (Lipinski definition) is 3. The molecular weight excluding hydrogens is 935 g/mol. The molecule has 0 fully saturated rings. The standard InChI is InChI=1S/C70H135NO5/c1-3-5-7-9-11-13-15-17-18-32-36-40-44-48-52-56-60-64-70(75)76-65-61-57-53-49-45-41-37-34-31-29-27-25-23-21-19-20-22-24-26-28-30-33-35-39-43-47-51-55-59-63-69(74)71-67(66-72)68(73)62-58-54-50-46-42-38-16-14-12-10-8-6-4-2/h19,21,25,27,67-68,72-73H,3-18,20,22-24,26,28-66H2,1-2H3,(H,71,74)/b21-19-,27-25-. The highest BCUT2D eigenvalue weighted by atomic mass is 16.5. The molecule has 0 aliphatic carbocycles. The first-order chi connectivity index (χ1) is 37.5. The van der Waals surface area contributed by atoms with Crippen molar-refractivity contribution in [2.45, 2.75) is 398 Å². The molecule has 3 N–H and O–H groups in total. The second kappa shape index (κ2) is 65.9. The Morgan fingerprint density at radius 3 is 1.00 bits per heavy atom. The van der Waals surface area contributed by atoms with Gasteiger partial charge in [0.25, 0.3) is 0 Å². The lowest BCUT2D eigenvalue weighted by Crippen LogP contribution is -2.45. The van der Waals surface area contributed by atoms with Crippen LogP contribution in [0.4, 0.5) is 0 Å². The number of rotatable bonds is 65. The molecule has 0 heterocycles. The smallest absolute Gasteiger partial charge is 0.305 e. The Labute approximate surface area is 475 Å². The minimum atomic E-state index is -0.664. The van der Waals surface area contributed by atoms with Crippen LogP contribution in [0.1, 0.15) is 386 Å². The van der Waals surface area contributed by atoms with Gasteiger partial charge < -0.3 is 20.3 Å². The molecular formula is C70H135NO5. The summed E-state index contributed by atoms with van der Waals surface area (Å²) in [5.74, 6) is -0.0176. The largest absolute Gasteiger partial charge is 0.466 e. The Morgan fingerprint density at radius 2 is 0.658 bits per heavy atom. The van der Waals surface area contributed by atoms with Gasteiger partial charge in [0.1, 0.15) is 0 Å². The fraction of sp³-hybridized carbons (Fsp3) is 0.914. The molecule has 0 saturated heterocycles. The van der Waals surface area contributed by atoms with Crippen molar-refractivity contribution in [2.24, 2.45) is 0 Å². The molecule has 0 rings (SSSR count). The van der Waals surface area contributed by atoms with Crippen LogP contribution in [0.3, 0.4) is 0 Å². The van der Waals surface area contributed by atoms with Gasteiger partial charge in [0.05, 0.1) is 25.4 Å². The fourth-order valence-corrected chi connectivity index (χ4v) is 11.0. The van der Waals surface area contributed by atoms with E-state index in [0.29, 0.717) is 25.9 Å². The summed E-state index contributed by atoms with van der Waals surface area (Å²) in [4.78, 5) is 24.6. The van der Waals surface area contributed by atoms with Crippen LogP contribution in [0, 0.1) is 0 Å². The van der Waals surface area contributed by atoms with Gasteiger partial charge in [-0.25, -0.2) is 0 Å². The summed E-state index contributed by atoms with van der Waals surface area (Å²) < 4.78 is 5.50. The number of amides is 1. The van der Waals surface area contributed by atoms with Gasteiger partial charge in [-0.2, -0.15) is 0 Å². The molecule has 0 saturated carbocycles. The highest BCUT2D eigenvalue weighted by molar-refractivity contribution is 5.76. The summed E-state index contributed by atoms with van der Waals surface area (Å²) in [6.45, 7) is 4.98. The topological polar surface area (TPSA) is 95.9 Å². The molecule has 0 aromatic carbocycles. The van der Waals surface area contributed by atoms with E-state index in [1.165, 1.54) is 308 Å². The van der Waals surface area contributed by atoms with Gasteiger partial charge in [0.15, 0.2) is 0 Å². The summed E-state index contributed by atoms with van der Waals surface area (Å²) in [6.07, 6.45) is 82.2. The van der Waals surface area contributed by atoms with E-state index in [4.69, 9.17) is 4.74 Å². The van der Waals surface area contributed by atoms with E-state index in [9.17, 15) is 19.8 Å². The van der Waals surface area contributed by atoms with Crippen molar-refractivity contribution < 1.29 is 24.5 Å². The number of hydrogen-bond acceptors (Lipinski definition) is 5. The quantitative estimate of drug-likeness (QED) is 0.0320. The number of unbranched alkanes of at least 4 members (excludes halogenated alkanes) is 50. The summed E-state index contributed by atoms with van der Waals surface area (Å²) >= 11 is 0. The second-order valence-corrected chi connectivity index (χ2v) is 23.9. The zero-order chi connectivity index (χ0) is 55.0. The number of esters is 1. The van der Waals surface area contributed by atoms with Crippen LogP contribution in [0.2, 0.25) is 0 Å². The van der Waals surface area contributed by atoms with Crippen LogP contribution in [-0.4, -0.2) is 47.4 Å². The lowest BCUT2D eigenvalue weighted by atomic mass is 10.0. The lowest BCUT2D eigenvalue weighted by Gasteiger charge is -2.22. The molecule has 2 atom stereocenters. The van der Waals surface area contributed by atoms with Crippen molar-refractivity contribution in [2.75, 3.05) is 13.2 Å². The van der Waals surface area contributed by atoms with Gasteiger partial charge in [-0.3, -0.25) is 9.59 Å². The molecule has 0 spiro atoms. The first-order valence-corrected chi connectivity index (χ1v) is 34.6. The van der Waals surface area contributed by atoms with Gasteiger partial charge >= 0.3 is 5.97 Å². The van der Waals surface area contributed by atoms with Crippen molar-refractivity contribution in [3.05, 3.63) is 24.3 Å². The van der Waals surface area contributed by atoms with E-state index in [-0.39, 0.29) is 18.5 Å². The highest BCUT2D eigenvalue weighted by Crippen LogP contribution is 2.19. The van der Waals surface area contributed by atoms with Crippen LogP contribution >= 0.6 is 0 Å². The van der Waals surface area contributed by atoms with Gasteiger partial charge in [0.2, 0.25) is 5.91 Å². The zero-order valence-electron chi connectivity index (χ0n) is 51.5. The Kier molecular flexibility index (Phi) is 64.4. The van der Waals surface area contributed by atoms with E-state index >= 15 is 0 Å². The average Bonchev–Trinajstić information content (AvgIpc) is 3.42. The van der Waals surface area contributed by atoms with Crippen LogP contribution in [0.15, 0.2) is 24.3 Å². The molecule has 2 unspecified atom stereocenters. The van der Waals surface area contributed by atoms with Crippen LogP contribution < -0.4 is 5.32 Å². The number of aliphatic hydroxyl groups excluding tert-OH is 2. The SMILES string of the molecule is CCCCCCCCCCCCCCCCCCCC(=O)OCCCCCCCCCCC/C=C\C/C=C\CCCCCCCCCCCCCCCC(=O)NC(CO)C(O)CCCCCCCCCCCCCCC. The number of aliphatic hydroxyl groups is 2. The summed E-state index contributed by atoms with van der Waals surface area (Å²) in [5, 5.41) is 23.3. The van der Waals surface area contributed by atoms with E-state index in [2.05, 4.69) is 43.5 Å². The average molecular weight is 1070 g/mol. The number of carbonyl (C=O) groups excluding carboxylic acids is 2. The van der Waals surface area contributed by atoms with Gasteiger partial charge in [-0.1, -0.05) is 340 Å². The summed E-state index contributed by atoms with van der Waals surface area (Å²) in [6, 6.07) is -0.541.